The molecule has 0 aliphatic carbocycles. The molecule has 0 fully saturated rings. The second kappa shape index (κ2) is 6.67. The van der Waals surface area contributed by atoms with E-state index in [-0.39, 0.29) is 22.1 Å². The number of thiocarbonyl (C=S) groups is 1. The van der Waals surface area contributed by atoms with Crippen LogP contribution < -0.4 is 10.6 Å². The van der Waals surface area contributed by atoms with Crippen LogP contribution >= 0.6 is 12.2 Å². The molecule has 6 nitrogen and oxygen atoms in total. The van der Waals surface area contributed by atoms with Crippen molar-refractivity contribution >= 4 is 29.1 Å². The summed E-state index contributed by atoms with van der Waals surface area (Å²) < 4.78 is 9.99. The number of carbonyl (C=O) groups excluding carboxylic acids is 2. The Bertz CT molecular complexity index is 812. The normalized spacial score (nSPS) is 17.0. The molecule has 1 aliphatic rings. The first-order valence-electron chi connectivity index (χ1n) is 7.15. The van der Waals surface area contributed by atoms with Crippen LogP contribution in [0.5, 0.6) is 0 Å². The minimum atomic E-state index is -0.672. The number of rotatable bonds is 4. The lowest BCUT2D eigenvalue weighted by atomic mass is 9.91. The number of furan rings is 1. The maximum atomic E-state index is 12.9. The Morgan fingerprint density at radius 1 is 1.17 bits per heavy atom. The molecule has 0 saturated carbocycles. The van der Waals surface area contributed by atoms with E-state index < -0.39 is 17.8 Å². The van der Waals surface area contributed by atoms with Gasteiger partial charge in [0, 0.05) is 0 Å². The number of ketones is 1. The predicted octanol–water partition coefficient (Wildman–Crippen LogP) is 2.11. The molecule has 0 bridgehead atoms. The summed E-state index contributed by atoms with van der Waals surface area (Å²) in [6, 6.07) is 11.8. The maximum Gasteiger partial charge on any atom is 0.355 e. The second-order valence-electron chi connectivity index (χ2n) is 5.03. The van der Waals surface area contributed by atoms with Crippen LogP contribution in [0.4, 0.5) is 0 Å². The van der Waals surface area contributed by atoms with Crippen molar-refractivity contribution < 1.29 is 18.7 Å². The number of carbonyl (C=O) groups is 2. The molecule has 3 rings (SSSR count). The molecule has 2 aromatic rings. The molecule has 0 saturated heterocycles. The van der Waals surface area contributed by atoms with Gasteiger partial charge in [-0.15, -0.1) is 0 Å². The smallest absolute Gasteiger partial charge is 0.355 e. The fraction of sp³-hybridized carbons (Fsp3) is 0.118. The predicted molar refractivity (Wildman–Crippen MR) is 90.1 cm³/mol. The number of benzene rings is 1. The number of hydrogen-bond donors (Lipinski definition) is 2. The molecule has 2 heterocycles. The van der Waals surface area contributed by atoms with E-state index in [4.69, 9.17) is 21.4 Å². The number of hydrogen-bond acceptors (Lipinski definition) is 5. The fourth-order valence-corrected chi connectivity index (χ4v) is 2.73. The monoisotopic (exact) mass is 342 g/mol. The lowest BCUT2D eigenvalue weighted by Crippen LogP contribution is -2.47. The zero-order valence-corrected chi connectivity index (χ0v) is 13.6. The molecular formula is C17H14N2O4S. The van der Waals surface area contributed by atoms with E-state index in [2.05, 4.69) is 10.6 Å². The first-order chi connectivity index (χ1) is 11.6. The Balaban J connectivity index is 2.17. The van der Waals surface area contributed by atoms with Gasteiger partial charge in [-0.1, -0.05) is 30.3 Å². The summed E-state index contributed by atoms with van der Waals surface area (Å²) in [6.07, 6.45) is 1.40. The third kappa shape index (κ3) is 2.93. The van der Waals surface area contributed by atoms with Crippen LogP contribution in [0.15, 0.2) is 64.4 Å². The molecule has 0 amide bonds. The van der Waals surface area contributed by atoms with E-state index in [1.165, 1.54) is 13.4 Å². The van der Waals surface area contributed by atoms with Gasteiger partial charge in [0.2, 0.25) is 5.78 Å². The van der Waals surface area contributed by atoms with Crippen LogP contribution in [0.25, 0.3) is 0 Å². The minimum absolute atomic E-state index is 0.0107. The van der Waals surface area contributed by atoms with Crippen LogP contribution in [0.3, 0.4) is 0 Å². The lowest BCUT2D eigenvalue weighted by Gasteiger charge is -2.30. The summed E-state index contributed by atoms with van der Waals surface area (Å²) >= 11 is 5.17. The van der Waals surface area contributed by atoms with Crippen LogP contribution in [-0.2, 0) is 9.53 Å². The molecule has 1 aromatic heterocycles. The van der Waals surface area contributed by atoms with Crippen molar-refractivity contribution in [3.63, 3.8) is 0 Å². The van der Waals surface area contributed by atoms with Gasteiger partial charge in [-0.25, -0.2) is 4.79 Å². The zero-order valence-electron chi connectivity index (χ0n) is 12.7. The topological polar surface area (TPSA) is 80.6 Å². The Hall–Kier alpha value is -2.93. The highest BCUT2D eigenvalue weighted by Crippen LogP contribution is 2.30. The van der Waals surface area contributed by atoms with Gasteiger partial charge < -0.3 is 19.8 Å². The molecular weight excluding hydrogens is 328 g/mol. The van der Waals surface area contributed by atoms with Crippen LogP contribution in [0.1, 0.15) is 22.2 Å². The van der Waals surface area contributed by atoms with Crippen molar-refractivity contribution in [3.05, 3.63) is 71.3 Å². The summed E-state index contributed by atoms with van der Waals surface area (Å²) in [5.74, 6) is -0.963. The minimum Gasteiger partial charge on any atom is -0.464 e. The Morgan fingerprint density at radius 3 is 2.54 bits per heavy atom. The zero-order chi connectivity index (χ0) is 17.1. The second-order valence-corrected chi connectivity index (χ2v) is 5.44. The Morgan fingerprint density at radius 2 is 1.92 bits per heavy atom. The highest BCUT2D eigenvalue weighted by Gasteiger charge is 2.36. The highest BCUT2D eigenvalue weighted by molar-refractivity contribution is 7.80. The number of methoxy groups -OCH3 is 1. The third-order valence-electron chi connectivity index (χ3n) is 3.58. The average Bonchev–Trinajstić information content (AvgIpc) is 3.15. The molecule has 1 aliphatic heterocycles. The third-order valence-corrected chi connectivity index (χ3v) is 3.80. The van der Waals surface area contributed by atoms with E-state index >= 15 is 0 Å². The highest BCUT2D eigenvalue weighted by atomic mass is 32.1. The van der Waals surface area contributed by atoms with E-state index in [1.54, 1.807) is 12.1 Å². The summed E-state index contributed by atoms with van der Waals surface area (Å²) in [5, 5.41) is 5.99. The average molecular weight is 342 g/mol. The molecule has 7 heteroatoms. The van der Waals surface area contributed by atoms with E-state index in [0.29, 0.717) is 0 Å². The number of Topliss-reactive ketones (excluding diaryl/α,β-unsaturated/α-hetero) is 1. The molecule has 0 radical (unpaired) electrons. The van der Waals surface area contributed by atoms with Crippen LogP contribution in [-0.4, -0.2) is 24.0 Å². The van der Waals surface area contributed by atoms with Crippen molar-refractivity contribution in [2.24, 2.45) is 0 Å². The molecule has 0 spiro atoms. The van der Waals surface area contributed by atoms with Gasteiger partial charge in [-0.05, 0) is 29.9 Å². The van der Waals surface area contributed by atoms with Crippen LogP contribution in [0.2, 0.25) is 0 Å². The SMILES string of the molecule is COC(=O)C1=C(C(=O)c2ccco2)[C@@H](c2ccccc2)NC(=S)N1. The van der Waals surface area contributed by atoms with Gasteiger partial charge in [0.1, 0.15) is 5.70 Å². The molecule has 24 heavy (non-hydrogen) atoms. The standard InChI is InChI=1S/C17H14N2O4S/c1-22-16(21)14-12(15(20)11-8-5-9-23-11)13(18-17(24)19-14)10-6-3-2-4-7-10/h2-9,13H,1H3,(H2,18,19,24)/t13-/m1/s1. The van der Waals surface area contributed by atoms with Gasteiger partial charge in [0.15, 0.2) is 10.9 Å². The van der Waals surface area contributed by atoms with Crippen molar-refractivity contribution in [1.29, 1.82) is 0 Å². The van der Waals surface area contributed by atoms with Crippen molar-refractivity contribution in [3.8, 4) is 0 Å². The fourth-order valence-electron chi connectivity index (χ4n) is 2.51. The first kappa shape index (κ1) is 15.9. The van der Waals surface area contributed by atoms with Gasteiger partial charge in [0.05, 0.1) is 25.0 Å². The molecule has 0 unspecified atom stereocenters. The molecule has 122 valence electrons. The number of esters is 1. The van der Waals surface area contributed by atoms with E-state index in [1.807, 2.05) is 30.3 Å². The lowest BCUT2D eigenvalue weighted by molar-refractivity contribution is -0.136. The summed E-state index contributed by atoms with van der Waals surface area (Å²) in [4.78, 5) is 25.1. The van der Waals surface area contributed by atoms with Gasteiger partial charge in [-0.3, -0.25) is 4.79 Å². The maximum absolute atomic E-state index is 12.9. The number of nitrogens with one attached hydrogen (secondary N) is 2. The first-order valence-corrected chi connectivity index (χ1v) is 7.55. The van der Waals surface area contributed by atoms with Crippen molar-refractivity contribution in [2.75, 3.05) is 7.11 Å². The summed E-state index contributed by atoms with van der Waals surface area (Å²) in [6.45, 7) is 0. The largest absolute Gasteiger partial charge is 0.464 e. The van der Waals surface area contributed by atoms with Crippen LogP contribution in [0, 0.1) is 0 Å². The summed E-state index contributed by atoms with van der Waals surface area (Å²) in [5.41, 5.74) is 0.991. The summed E-state index contributed by atoms with van der Waals surface area (Å²) in [7, 11) is 1.24. The molecule has 1 aromatic carbocycles. The quantitative estimate of drug-likeness (QED) is 0.500. The van der Waals surface area contributed by atoms with Crippen molar-refractivity contribution in [2.45, 2.75) is 6.04 Å². The van der Waals surface area contributed by atoms with Gasteiger partial charge in [0.25, 0.3) is 0 Å². The Kier molecular flexibility index (Phi) is 4.43. The molecule has 1 atom stereocenters. The van der Waals surface area contributed by atoms with Crippen molar-refractivity contribution in [1.82, 2.24) is 10.6 Å². The van der Waals surface area contributed by atoms with E-state index in [0.717, 1.165) is 5.56 Å². The van der Waals surface area contributed by atoms with E-state index in [9.17, 15) is 9.59 Å². The number of ether oxygens (including phenoxy) is 1. The Labute approximate surface area is 143 Å². The van der Waals surface area contributed by atoms with Gasteiger partial charge >= 0.3 is 5.97 Å². The molecule has 2 N–H and O–H groups in total. The van der Waals surface area contributed by atoms with Gasteiger partial charge in [-0.2, -0.15) is 0 Å².